The predicted octanol–water partition coefficient (Wildman–Crippen LogP) is 6.22. The van der Waals surface area contributed by atoms with Crippen LogP contribution in [0.1, 0.15) is 54.5 Å². The van der Waals surface area contributed by atoms with Gasteiger partial charge in [-0.1, -0.05) is 49.9 Å². The van der Waals surface area contributed by atoms with Gasteiger partial charge in [-0.2, -0.15) is 13.2 Å². The van der Waals surface area contributed by atoms with Crippen molar-refractivity contribution in [1.82, 2.24) is 0 Å². The first-order valence-corrected chi connectivity index (χ1v) is 8.16. The molecule has 0 amide bonds. The number of aryl methyl sites for hydroxylation is 2. The van der Waals surface area contributed by atoms with Crippen LogP contribution in [0.5, 0.6) is 0 Å². The molecule has 0 bridgehead atoms. The SMILES string of the molecule is CCCCCCSC(c1cc(C)ccc1C)C(F)(F)F. The molecule has 0 saturated carbocycles. The lowest BCUT2D eigenvalue weighted by Gasteiger charge is -2.22. The molecular formula is C16H23F3S. The molecule has 0 radical (unpaired) electrons. The average molecular weight is 304 g/mol. The Balaban J connectivity index is 2.77. The molecule has 1 atom stereocenters. The molecule has 0 fully saturated rings. The van der Waals surface area contributed by atoms with Crippen molar-refractivity contribution >= 4 is 11.8 Å². The van der Waals surface area contributed by atoms with Crippen LogP contribution in [-0.4, -0.2) is 11.9 Å². The highest BCUT2D eigenvalue weighted by Crippen LogP contribution is 2.44. The Morgan fingerprint density at radius 2 is 1.80 bits per heavy atom. The van der Waals surface area contributed by atoms with E-state index < -0.39 is 11.4 Å². The summed E-state index contributed by atoms with van der Waals surface area (Å²) in [7, 11) is 0. The van der Waals surface area contributed by atoms with E-state index in [4.69, 9.17) is 0 Å². The van der Waals surface area contributed by atoms with Gasteiger partial charge in [-0.25, -0.2) is 0 Å². The molecule has 20 heavy (non-hydrogen) atoms. The smallest absolute Gasteiger partial charge is 0.169 e. The Morgan fingerprint density at radius 3 is 2.40 bits per heavy atom. The zero-order valence-corrected chi connectivity index (χ0v) is 13.2. The molecule has 0 nitrogen and oxygen atoms in total. The summed E-state index contributed by atoms with van der Waals surface area (Å²) in [5.74, 6) is 0.567. The van der Waals surface area contributed by atoms with Gasteiger partial charge in [-0.15, -0.1) is 11.8 Å². The zero-order chi connectivity index (χ0) is 15.2. The number of halogens is 3. The van der Waals surface area contributed by atoms with Crippen molar-refractivity contribution in [2.75, 3.05) is 5.75 Å². The molecule has 4 heteroatoms. The van der Waals surface area contributed by atoms with Crippen LogP contribution in [0.25, 0.3) is 0 Å². The van der Waals surface area contributed by atoms with Crippen LogP contribution in [0.2, 0.25) is 0 Å². The number of thioether (sulfide) groups is 1. The van der Waals surface area contributed by atoms with Gasteiger partial charge in [0.1, 0.15) is 5.25 Å². The summed E-state index contributed by atoms with van der Waals surface area (Å²) in [4.78, 5) is 0. The van der Waals surface area contributed by atoms with Crippen LogP contribution in [0.4, 0.5) is 13.2 Å². The van der Waals surface area contributed by atoms with Crippen LogP contribution in [0, 0.1) is 13.8 Å². The third-order valence-electron chi connectivity index (χ3n) is 3.30. The highest BCUT2D eigenvalue weighted by molar-refractivity contribution is 7.99. The van der Waals surface area contributed by atoms with E-state index in [-0.39, 0.29) is 0 Å². The lowest BCUT2D eigenvalue weighted by molar-refractivity contribution is -0.129. The molecule has 1 aromatic rings. The number of hydrogen-bond acceptors (Lipinski definition) is 1. The second-order valence-corrected chi connectivity index (χ2v) is 6.43. The molecule has 1 unspecified atom stereocenters. The molecule has 1 rings (SSSR count). The summed E-state index contributed by atoms with van der Waals surface area (Å²) in [6, 6.07) is 5.31. The van der Waals surface area contributed by atoms with Gasteiger partial charge in [0.25, 0.3) is 0 Å². The van der Waals surface area contributed by atoms with Crippen molar-refractivity contribution in [3.05, 3.63) is 34.9 Å². The fourth-order valence-corrected chi connectivity index (χ4v) is 3.36. The van der Waals surface area contributed by atoms with Gasteiger partial charge in [-0.05, 0) is 37.1 Å². The molecule has 114 valence electrons. The summed E-state index contributed by atoms with van der Waals surface area (Å²) in [5.41, 5.74) is 2.02. The topological polar surface area (TPSA) is 0 Å². The monoisotopic (exact) mass is 304 g/mol. The van der Waals surface area contributed by atoms with Gasteiger partial charge in [0.05, 0.1) is 0 Å². The maximum atomic E-state index is 13.3. The summed E-state index contributed by atoms with van der Waals surface area (Å²) in [5, 5.41) is -1.40. The Bertz CT molecular complexity index is 413. The fraction of sp³-hybridized carbons (Fsp3) is 0.625. The second kappa shape index (κ2) is 7.96. The van der Waals surface area contributed by atoms with Crippen molar-refractivity contribution in [2.45, 2.75) is 57.9 Å². The molecule has 0 aliphatic heterocycles. The maximum absolute atomic E-state index is 13.3. The van der Waals surface area contributed by atoms with E-state index in [1.54, 1.807) is 19.1 Å². The van der Waals surface area contributed by atoms with E-state index in [2.05, 4.69) is 6.92 Å². The summed E-state index contributed by atoms with van der Waals surface area (Å²) in [6.45, 7) is 5.69. The largest absolute Gasteiger partial charge is 0.404 e. The molecule has 0 heterocycles. The minimum atomic E-state index is -4.19. The number of hydrogen-bond donors (Lipinski definition) is 0. The van der Waals surface area contributed by atoms with Gasteiger partial charge < -0.3 is 0 Å². The minimum absolute atomic E-state index is 0.415. The zero-order valence-electron chi connectivity index (χ0n) is 12.4. The first-order chi connectivity index (χ1) is 9.36. The Labute approximate surface area is 124 Å². The summed E-state index contributed by atoms with van der Waals surface area (Å²) in [6.07, 6.45) is -0.115. The standard InChI is InChI=1S/C16H23F3S/c1-4-5-6-7-10-20-15(16(17,18)19)14-11-12(2)8-9-13(14)3/h8-9,11,15H,4-7,10H2,1-3H3. The number of rotatable bonds is 7. The molecule has 1 aromatic carbocycles. The van der Waals surface area contributed by atoms with E-state index >= 15 is 0 Å². The molecular weight excluding hydrogens is 281 g/mol. The molecule has 0 N–H and O–H groups in total. The van der Waals surface area contributed by atoms with E-state index in [0.717, 1.165) is 48.6 Å². The van der Waals surface area contributed by atoms with Crippen LogP contribution >= 0.6 is 11.8 Å². The second-order valence-electron chi connectivity index (χ2n) is 5.21. The molecule has 0 saturated heterocycles. The Kier molecular flexibility index (Phi) is 6.93. The fourth-order valence-electron chi connectivity index (χ4n) is 2.13. The van der Waals surface area contributed by atoms with Gasteiger partial charge in [0, 0.05) is 0 Å². The highest BCUT2D eigenvalue weighted by Gasteiger charge is 2.41. The van der Waals surface area contributed by atoms with Crippen LogP contribution < -0.4 is 0 Å². The highest BCUT2D eigenvalue weighted by atomic mass is 32.2. The number of alkyl halides is 3. The van der Waals surface area contributed by atoms with Crippen molar-refractivity contribution in [1.29, 1.82) is 0 Å². The first kappa shape index (κ1) is 17.4. The van der Waals surface area contributed by atoms with Gasteiger partial charge in [-0.3, -0.25) is 0 Å². The number of benzene rings is 1. The molecule has 0 aliphatic rings. The quantitative estimate of drug-likeness (QED) is 0.539. The van der Waals surface area contributed by atoms with Crippen LogP contribution in [-0.2, 0) is 0 Å². The van der Waals surface area contributed by atoms with Gasteiger partial charge in [0.15, 0.2) is 0 Å². The van der Waals surface area contributed by atoms with Gasteiger partial charge in [0.2, 0.25) is 0 Å². The normalized spacial score (nSPS) is 13.5. The van der Waals surface area contributed by atoms with Crippen molar-refractivity contribution in [3.8, 4) is 0 Å². The Morgan fingerprint density at radius 1 is 1.10 bits per heavy atom. The summed E-state index contributed by atoms with van der Waals surface area (Å²) >= 11 is 1.03. The lowest BCUT2D eigenvalue weighted by Crippen LogP contribution is -2.19. The molecule has 0 aliphatic carbocycles. The lowest BCUT2D eigenvalue weighted by atomic mass is 10.0. The molecule has 0 spiro atoms. The minimum Gasteiger partial charge on any atom is -0.169 e. The Hall–Kier alpha value is -0.640. The van der Waals surface area contributed by atoms with Crippen LogP contribution in [0.3, 0.4) is 0 Å². The van der Waals surface area contributed by atoms with Crippen molar-refractivity contribution in [2.24, 2.45) is 0 Å². The summed E-state index contributed by atoms with van der Waals surface area (Å²) < 4.78 is 39.8. The first-order valence-electron chi connectivity index (χ1n) is 7.11. The average Bonchev–Trinajstić information content (AvgIpc) is 2.36. The predicted molar refractivity (Wildman–Crippen MR) is 81.3 cm³/mol. The number of unbranched alkanes of at least 4 members (excludes halogenated alkanes) is 3. The maximum Gasteiger partial charge on any atom is 0.404 e. The van der Waals surface area contributed by atoms with E-state index in [9.17, 15) is 13.2 Å². The molecule has 0 aromatic heterocycles. The van der Waals surface area contributed by atoms with E-state index in [1.807, 2.05) is 13.0 Å². The van der Waals surface area contributed by atoms with Crippen LogP contribution in [0.15, 0.2) is 18.2 Å². The van der Waals surface area contributed by atoms with Gasteiger partial charge >= 0.3 is 6.18 Å². The van der Waals surface area contributed by atoms with Crippen molar-refractivity contribution < 1.29 is 13.2 Å². The third-order valence-corrected chi connectivity index (χ3v) is 4.68. The third kappa shape index (κ3) is 5.39. The van der Waals surface area contributed by atoms with E-state index in [1.165, 1.54) is 0 Å². The van der Waals surface area contributed by atoms with E-state index in [0.29, 0.717) is 11.3 Å². The van der Waals surface area contributed by atoms with Crippen molar-refractivity contribution in [3.63, 3.8) is 0 Å².